The number of rotatable bonds is 4. The molecule has 0 aromatic carbocycles. The third-order valence-electron chi connectivity index (χ3n) is 13.0. The fourth-order valence-corrected chi connectivity index (χ4v) is 11.3. The number of carbonyl (C=O) groups is 3. The summed E-state index contributed by atoms with van der Waals surface area (Å²) in [4.78, 5) is 37.9. The summed E-state index contributed by atoms with van der Waals surface area (Å²) in [6, 6.07) is 0. The molecule has 0 spiro atoms. The topological polar surface area (TPSA) is 60.4 Å². The van der Waals surface area contributed by atoms with Crippen LogP contribution in [0, 0.1) is 57.2 Å². The molecule has 0 bridgehead atoms. The number of carbonyl (C=O) groups excluding carboxylic acids is 3. The molecule has 5 aliphatic rings. The molecule has 0 aliphatic heterocycles. The number of aldehydes is 1. The lowest BCUT2D eigenvalue weighted by molar-refractivity contribution is -0.220. The Kier molecular flexibility index (Phi) is 6.44. The van der Waals surface area contributed by atoms with Gasteiger partial charge in [0.05, 0.1) is 5.41 Å². The van der Waals surface area contributed by atoms with Crippen molar-refractivity contribution in [2.24, 2.45) is 57.2 Å². The van der Waals surface area contributed by atoms with Crippen molar-refractivity contribution in [3.8, 4) is 0 Å². The standard InChI is InChI=1S/C33H50O4/c1-19(2)27-22-11-14-32(8)26(30(22,6)13-12-25(27)37-21(5)35)10-9-23-29-28(20(3)4)24(36)17-33(29,18-34)16-15-31(23,32)7/h18-20,22-23,25-27H,9-17H2,1-8H3/t22-,23+,25-,26+,27?,30-,31+,32+,33-/m0/s1. The largest absolute Gasteiger partial charge is 0.462 e. The highest BCUT2D eigenvalue weighted by Gasteiger charge is 2.69. The van der Waals surface area contributed by atoms with E-state index in [1.54, 1.807) is 6.92 Å². The van der Waals surface area contributed by atoms with Gasteiger partial charge in [-0.1, -0.05) is 48.5 Å². The van der Waals surface area contributed by atoms with E-state index in [0.29, 0.717) is 36.0 Å². The zero-order valence-electron chi connectivity index (χ0n) is 24.6. The molecule has 0 amide bonds. The average Bonchev–Trinajstić information content (AvgIpc) is 3.12. The first-order valence-electron chi connectivity index (χ1n) is 15.2. The van der Waals surface area contributed by atoms with E-state index in [1.165, 1.54) is 24.8 Å². The summed E-state index contributed by atoms with van der Waals surface area (Å²) >= 11 is 0. The van der Waals surface area contributed by atoms with Gasteiger partial charge in [-0.25, -0.2) is 0 Å². The van der Waals surface area contributed by atoms with Crippen LogP contribution in [-0.4, -0.2) is 24.1 Å². The summed E-state index contributed by atoms with van der Waals surface area (Å²) in [5.74, 6) is 2.67. The molecule has 0 aromatic heterocycles. The molecule has 0 radical (unpaired) electrons. The van der Waals surface area contributed by atoms with Crippen molar-refractivity contribution in [2.45, 2.75) is 119 Å². The maximum atomic E-state index is 13.3. The molecule has 9 atom stereocenters. The van der Waals surface area contributed by atoms with Crippen LogP contribution in [0.15, 0.2) is 11.1 Å². The second-order valence-corrected chi connectivity index (χ2v) is 15.0. The minimum absolute atomic E-state index is 0.0398. The van der Waals surface area contributed by atoms with Gasteiger partial charge in [0.15, 0.2) is 5.78 Å². The van der Waals surface area contributed by atoms with Gasteiger partial charge < -0.3 is 9.53 Å². The van der Waals surface area contributed by atoms with Crippen LogP contribution >= 0.6 is 0 Å². The summed E-state index contributed by atoms with van der Waals surface area (Å²) in [5, 5.41) is 0. The predicted molar refractivity (Wildman–Crippen MR) is 146 cm³/mol. The molecule has 4 saturated carbocycles. The number of allylic oxidation sites excluding steroid dienone is 2. The first-order chi connectivity index (χ1) is 17.3. The van der Waals surface area contributed by atoms with E-state index < -0.39 is 5.41 Å². The SMILES string of the molecule is CC(=O)O[C@H]1CC[C@]2(C)[C@H]3CC[C@@H]4C5=C(C(C)C)C(=O)C[C@]5(C=O)CC[C@@]4(C)[C@]3(C)CC[C@H]2C1C(C)C. The van der Waals surface area contributed by atoms with E-state index in [1.807, 2.05) is 0 Å². The maximum Gasteiger partial charge on any atom is 0.302 e. The molecule has 37 heavy (non-hydrogen) atoms. The molecular formula is C33H50O4. The summed E-state index contributed by atoms with van der Waals surface area (Å²) < 4.78 is 5.93. The van der Waals surface area contributed by atoms with Gasteiger partial charge in [0, 0.05) is 19.3 Å². The number of esters is 1. The van der Waals surface area contributed by atoms with Crippen molar-refractivity contribution in [2.75, 3.05) is 0 Å². The van der Waals surface area contributed by atoms with Gasteiger partial charge in [0.25, 0.3) is 0 Å². The Balaban J connectivity index is 1.55. The van der Waals surface area contributed by atoms with Gasteiger partial charge in [0.2, 0.25) is 0 Å². The molecule has 0 aromatic rings. The zero-order valence-corrected chi connectivity index (χ0v) is 24.6. The highest BCUT2D eigenvalue weighted by Crippen LogP contribution is 2.75. The lowest BCUT2D eigenvalue weighted by Crippen LogP contribution is -2.64. The second-order valence-electron chi connectivity index (χ2n) is 15.0. The third kappa shape index (κ3) is 3.55. The summed E-state index contributed by atoms with van der Waals surface area (Å²) in [6.45, 7) is 18.1. The van der Waals surface area contributed by atoms with E-state index in [9.17, 15) is 14.4 Å². The van der Waals surface area contributed by atoms with Crippen LogP contribution in [0.3, 0.4) is 0 Å². The monoisotopic (exact) mass is 510 g/mol. The summed E-state index contributed by atoms with van der Waals surface area (Å²) in [6.07, 6.45) is 10.2. The predicted octanol–water partition coefficient (Wildman–Crippen LogP) is 7.34. The maximum absolute atomic E-state index is 13.3. The molecule has 5 aliphatic carbocycles. The van der Waals surface area contributed by atoms with Crippen LogP contribution in [-0.2, 0) is 19.1 Å². The number of hydrogen-bond acceptors (Lipinski definition) is 4. The van der Waals surface area contributed by atoms with Crippen molar-refractivity contribution in [1.82, 2.24) is 0 Å². The van der Waals surface area contributed by atoms with Crippen molar-refractivity contribution in [3.63, 3.8) is 0 Å². The highest BCUT2D eigenvalue weighted by molar-refractivity contribution is 6.03. The number of hydrogen-bond donors (Lipinski definition) is 0. The van der Waals surface area contributed by atoms with Crippen molar-refractivity contribution < 1.29 is 19.1 Å². The minimum atomic E-state index is -0.546. The molecule has 0 heterocycles. The zero-order chi connectivity index (χ0) is 27.1. The molecule has 4 fully saturated rings. The average molecular weight is 511 g/mol. The molecular weight excluding hydrogens is 460 g/mol. The van der Waals surface area contributed by atoms with Gasteiger partial charge in [-0.2, -0.15) is 0 Å². The van der Waals surface area contributed by atoms with Gasteiger partial charge in [-0.3, -0.25) is 9.59 Å². The van der Waals surface area contributed by atoms with Crippen LogP contribution in [0.2, 0.25) is 0 Å². The van der Waals surface area contributed by atoms with Crippen molar-refractivity contribution in [3.05, 3.63) is 11.1 Å². The van der Waals surface area contributed by atoms with Gasteiger partial charge in [-0.05, 0) is 108 Å². The lowest BCUT2D eigenvalue weighted by Gasteiger charge is -2.71. The van der Waals surface area contributed by atoms with E-state index in [0.717, 1.165) is 44.0 Å². The molecule has 4 heteroatoms. The van der Waals surface area contributed by atoms with Crippen LogP contribution in [0.25, 0.3) is 0 Å². The first kappa shape index (κ1) is 27.1. The second kappa shape index (κ2) is 8.78. The van der Waals surface area contributed by atoms with Crippen LogP contribution in [0.1, 0.15) is 113 Å². The van der Waals surface area contributed by atoms with Crippen molar-refractivity contribution in [1.29, 1.82) is 0 Å². The Hall–Kier alpha value is -1.45. The molecule has 0 saturated heterocycles. The fraction of sp³-hybridized carbons (Fsp3) is 0.848. The minimum Gasteiger partial charge on any atom is -0.462 e. The molecule has 1 unspecified atom stereocenters. The Morgan fingerprint density at radius 3 is 2.24 bits per heavy atom. The van der Waals surface area contributed by atoms with E-state index in [2.05, 4.69) is 48.5 Å². The quantitative estimate of drug-likeness (QED) is 0.293. The first-order valence-corrected chi connectivity index (χ1v) is 15.2. The van der Waals surface area contributed by atoms with E-state index in [-0.39, 0.29) is 40.0 Å². The lowest BCUT2D eigenvalue weighted by atomic mass is 9.33. The summed E-state index contributed by atoms with van der Waals surface area (Å²) in [7, 11) is 0. The van der Waals surface area contributed by atoms with E-state index >= 15 is 0 Å². The smallest absolute Gasteiger partial charge is 0.302 e. The highest BCUT2D eigenvalue weighted by atomic mass is 16.5. The van der Waals surface area contributed by atoms with Crippen LogP contribution < -0.4 is 0 Å². The normalized spacial score (nSPS) is 47.3. The molecule has 0 N–H and O–H groups in total. The number of Topliss-reactive ketones (excluding diaryl/α,β-unsaturated/α-hetero) is 1. The number of fused-ring (bicyclic) bond motifs is 7. The Bertz CT molecular complexity index is 1020. The van der Waals surface area contributed by atoms with Gasteiger partial charge >= 0.3 is 5.97 Å². The third-order valence-corrected chi connectivity index (χ3v) is 13.0. The Labute approximate surface area is 224 Å². The summed E-state index contributed by atoms with van der Waals surface area (Å²) in [5.41, 5.74) is 2.19. The van der Waals surface area contributed by atoms with Crippen LogP contribution in [0.5, 0.6) is 0 Å². The molecule has 4 nitrogen and oxygen atoms in total. The molecule has 206 valence electrons. The van der Waals surface area contributed by atoms with Crippen LogP contribution in [0.4, 0.5) is 0 Å². The van der Waals surface area contributed by atoms with Crippen molar-refractivity contribution >= 4 is 18.0 Å². The number of ketones is 1. The van der Waals surface area contributed by atoms with E-state index in [4.69, 9.17) is 4.74 Å². The Morgan fingerprint density at radius 2 is 1.65 bits per heavy atom. The van der Waals surface area contributed by atoms with Gasteiger partial charge in [0.1, 0.15) is 12.4 Å². The van der Waals surface area contributed by atoms with Gasteiger partial charge in [-0.15, -0.1) is 0 Å². The Morgan fingerprint density at radius 1 is 0.946 bits per heavy atom. The molecule has 5 rings (SSSR count). The number of ether oxygens (including phenoxy) is 1. The fourth-order valence-electron chi connectivity index (χ4n) is 11.3.